The van der Waals surface area contributed by atoms with Crippen LogP contribution >= 0.6 is 0 Å². The second kappa shape index (κ2) is 5.66. The summed E-state index contributed by atoms with van der Waals surface area (Å²) >= 11 is 0. The zero-order valence-electron chi connectivity index (χ0n) is 12.3. The van der Waals surface area contributed by atoms with Gasteiger partial charge in [0, 0.05) is 18.0 Å². The fourth-order valence-corrected chi connectivity index (χ4v) is 3.57. The summed E-state index contributed by atoms with van der Waals surface area (Å²) in [4.78, 5) is 0. The van der Waals surface area contributed by atoms with Crippen LogP contribution in [0.15, 0.2) is 24.3 Å². The number of hydrogen-bond donors (Lipinski definition) is 1. The summed E-state index contributed by atoms with van der Waals surface area (Å²) in [6.45, 7) is 3.42. The Hall–Kier alpha value is -0.820. The highest BCUT2D eigenvalue weighted by molar-refractivity contribution is 5.30. The molecule has 2 aliphatic carbocycles. The molecule has 1 N–H and O–H groups in total. The molecule has 0 atom stereocenters. The largest absolute Gasteiger partial charge is 0.313 e. The van der Waals surface area contributed by atoms with Crippen molar-refractivity contribution < 1.29 is 0 Å². The normalized spacial score (nSPS) is 23.0. The van der Waals surface area contributed by atoms with Crippen LogP contribution in [-0.2, 0) is 5.41 Å². The van der Waals surface area contributed by atoms with Crippen LogP contribution in [0.25, 0.3) is 0 Å². The van der Waals surface area contributed by atoms with Crippen LogP contribution in [0.3, 0.4) is 0 Å². The molecule has 0 spiro atoms. The Labute approximate surface area is 117 Å². The third-order valence-corrected chi connectivity index (χ3v) is 5.00. The van der Waals surface area contributed by atoms with Crippen molar-refractivity contribution in [3.8, 4) is 0 Å². The summed E-state index contributed by atoms with van der Waals surface area (Å²) < 4.78 is 0. The van der Waals surface area contributed by atoms with E-state index < -0.39 is 0 Å². The molecule has 1 heteroatoms. The Morgan fingerprint density at radius 2 is 1.84 bits per heavy atom. The Kier molecular flexibility index (Phi) is 3.93. The van der Waals surface area contributed by atoms with Crippen LogP contribution in [0.4, 0.5) is 0 Å². The van der Waals surface area contributed by atoms with E-state index in [0.29, 0.717) is 5.41 Å². The van der Waals surface area contributed by atoms with Gasteiger partial charge in [-0.2, -0.15) is 0 Å². The van der Waals surface area contributed by atoms with Gasteiger partial charge in [0.25, 0.3) is 0 Å². The van der Waals surface area contributed by atoms with E-state index in [-0.39, 0.29) is 0 Å². The molecule has 0 saturated heterocycles. The van der Waals surface area contributed by atoms with Gasteiger partial charge in [-0.3, -0.25) is 0 Å². The third kappa shape index (κ3) is 3.20. The van der Waals surface area contributed by atoms with Crippen LogP contribution in [0.5, 0.6) is 0 Å². The molecule has 2 saturated carbocycles. The van der Waals surface area contributed by atoms with Crippen molar-refractivity contribution in [3.05, 3.63) is 35.4 Å². The molecule has 1 aromatic carbocycles. The first kappa shape index (κ1) is 13.2. The maximum Gasteiger partial charge on any atom is 0.00779 e. The SMILES string of the molecule is Cc1cccc(C2(CNC3CC3)CCCCCC2)c1. The van der Waals surface area contributed by atoms with Crippen molar-refractivity contribution in [3.63, 3.8) is 0 Å². The van der Waals surface area contributed by atoms with E-state index in [1.807, 2.05) is 0 Å². The van der Waals surface area contributed by atoms with E-state index in [2.05, 4.69) is 36.5 Å². The van der Waals surface area contributed by atoms with Crippen LogP contribution in [0, 0.1) is 6.92 Å². The minimum atomic E-state index is 0.408. The number of hydrogen-bond acceptors (Lipinski definition) is 1. The second-order valence-electron chi connectivity index (χ2n) is 6.72. The topological polar surface area (TPSA) is 12.0 Å². The zero-order chi connectivity index (χ0) is 13.1. The Morgan fingerprint density at radius 1 is 1.11 bits per heavy atom. The molecule has 0 bridgehead atoms. The van der Waals surface area contributed by atoms with Gasteiger partial charge in [0.15, 0.2) is 0 Å². The van der Waals surface area contributed by atoms with Gasteiger partial charge in [-0.1, -0.05) is 55.5 Å². The number of benzene rings is 1. The van der Waals surface area contributed by atoms with Crippen molar-refractivity contribution in [2.45, 2.75) is 69.7 Å². The molecule has 0 heterocycles. The molecule has 1 nitrogen and oxygen atoms in total. The van der Waals surface area contributed by atoms with Gasteiger partial charge in [0.1, 0.15) is 0 Å². The lowest BCUT2D eigenvalue weighted by Crippen LogP contribution is -2.39. The fourth-order valence-electron chi connectivity index (χ4n) is 3.57. The quantitative estimate of drug-likeness (QED) is 0.791. The smallest absolute Gasteiger partial charge is 0.00779 e. The van der Waals surface area contributed by atoms with Crippen molar-refractivity contribution in [1.82, 2.24) is 5.32 Å². The predicted octanol–water partition coefficient (Wildman–Crippen LogP) is 4.34. The summed E-state index contributed by atoms with van der Waals surface area (Å²) in [6, 6.07) is 10.1. The Bertz CT molecular complexity index is 411. The number of nitrogens with one attached hydrogen (secondary N) is 1. The van der Waals surface area contributed by atoms with Crippen molar-refractivity contribution in [1.29, 1.82) is 0 Å². The molecule has 0 amide bonds. The molecular weight excluding hydrogens is 230 g/mol. The summed E-state index contributed by atoms with van der Waals surface area (Å²) in [5, 5.41) is 3.81. The van der Waals surface area contributed by atoms with E-state index >= 15 is 0 Å². The van der Waals surface area contributed by atoms with Gasteiger partial charge < -0.3 is 5.32 Å². The molecule has 0 radical (unpaired) electrons. The van der Waals surface area contributed by atoms with Crippen LogP contribution in [0.1, 0.15) is 62.5 Å². The van der Waals surface area contributed by atoms with Gasteiger partial charge in [0.2, 0.25) is 0 Å². The molecule has 1 aromatic rings. The lowest BCUT2D eigenvalue weighted by Gasteiger charge is -2.34. The van der Waals surface area contributed by atoms with Crippen LogP contribution < -0.4 is 5.32 Å². The van der Waals surface area contributed by atoms with E-state index in [1.165, 1.54) is 63.5 Å². The first-order valence-electron chi connectivity index (χ1n) is 8.09. The van der Waals surface area contributed by atoms with E-state index in [4.69, 9.17) is 0 Å². The average Bonchev–Trinajstić information content (AvgIpc) is 3.24. The van der Waals surface area contributed by atoms with Crippen LogP contribution in [-0.4, -0.2) is 12.6 Å². The van der Waals surface area contributed by atoms with E-state index in [1.54, 1.807) is 5.56 Å². The lowest BCUT2D eigenvalue weighted by molar-refractivity contribution is 0.346. The molecular formula is C18H27N. The zero-order valence-corrected chi connectivity index (χ0v) is 12.3. The second-order valence-corrected chi connectivity index (χ2v) is 6.72. The van der Waals surface area contributed by atoms with Gasteiger partial charge in [-0.05, 0) is 38.2 Å². The Morgan fingerprint density at radius 3 is 2.47 bits per heavy atom. The molecule has 0 unspecified atom stereocenters. The highest BCUT2D eigenvalue weighted by atomic mass is 15.0. The predicted molar refractivity (Wildman–Crippen MR) is 81.6 cm³/mol. The van der Waals surface area contributed by atoms with E-state index in [0.717, 1.165) is 6.04 Å². The fraction of sp³-hybridized carbons (Fsp3) is 0.667. The standard InChI is InChI=1S/C18H27N/c1-15-7-6-8-16(13-15)18(14-19-17-9-10-17)11-4-2-3-5-12-18/h6-8,13,17,19H,2-5,9-12,14H2,1H3. The maximum atomic E-state index is 3.81. The minimum absolute atomic E-state index is 0.408. The Balaban J connectivity index is 1.84. The molecule has 0 aliphatic heterocycles. The van der Waals surface area contributed by atoms with Gasteiger partial charge >= 0.3 is 0 Å². The molecule has 2 fully saturated rings. The number of rotatable bonds is 4. The third-order valence-electron chi connectivity index (χ3n) is 5.00. The van der Waals surface area contributed by atoms with Crippen molar-refractivity contribution in [2.24, 2.45) is 0 Å². The first-order chi connectivity index (χ1) is 9.28. The highest BCUT2D eigenvalue weighted by Crippen LogP contribution is 2.39. The number of aryl methyl sites for hydroxylation is 1. The summed E-state index contributed by atoms with van der Waals surface area (Å²) in [6.07, 6.45) is 11.2. The van der Waals surface area contributed by atoms with Crippen molar-refractivity contribution >= 4 is 0 Å². The molecule has 3 rings (SSSR count). The monoisotopic (exact) mass is 257 g/mol. The summed E-state index contributed by atoms with van der Waals surface area (Å²) in [5.74, 6) is 0. The average molecular weight is 257 g/mol. The summed E-state index contributed by atoms with van der Waals surface area (Å²) in [7, 11) is 0. The van der Waals surface area contributed by atoms with Gasteiger partial charge in [0.05, 0.1) is 0 Å². The maximum absolute atomic E-state index is 3.81. The molecule has 104 valence electrons. The van der Waals surface area contributed by atoms with Crippen molar-refractivity contribution in [2.75, 3.05) is 6.54 Å². The van der Waals surface area contributed by atoms with Gasteiger partial charge in [-0.25, -0.2) is 0 Å². The van der Waals surface area contributed by atoms with Crippen LogP contribution in [0.2, 0.25) is 0 Å². The summed E-state index contributed by atoms with van der Waals surface area (Å²) in [5.41, 5.74) is 3.40. The molecule has 0 aromatic heterocycles. The first-order valence-corrected chi connectivity index (χ1v) is 8.09. The molecule has 19 heavy (non-hydrogen) atoms. The highest BCUT2D eigenvalue weighted by Gasteiger charge is 2.34. The van der Waals surface area contributed by atoms with E-state index in [9.17, 15) is 0 Å². The minimum Gasteiger partial charge on any atom is -0.313 e. The molecule has 2 aliphatic rings. The lowest BCUT2D eigenvalue weighted by atomic mass is 9.74. The van der Waals surface area contributed by atoms with Gasteiger partial charge in [-0.15, -0.1) is 0 Å².